The van der Waals surface area contributed by atoms with Crippen LogP contribution in [0.2, 0.25) is 0 Å². The highest BCUT2D eigenvalue weighted by molar-refractivity contribution is 5.41. The third-order valence-corrected chi connectivity index (χ3v) is 4.96. The van der Waals surface area contributed by atoms with Crippen molar-refractivity contribution in [2.45, 2.75) is 26.4 Å². The molecular formula is C22H21F2N5. The van der Waals surface area contributed by atoms with Crippen LogP contribution < -0.4 is 5.32 Å². The van der Waals surface area contributed by atoms with Gasteiger partial charge in [0.15, 0.2) is 0 Å². The average molecular weight is 393 g/mol. The van der Waals surface area contributed by atoms with Crippen LogP contribution in [0.4, 0.5) is 8.78 Å². The van der Waals surface area contributed by atoms with Gasteiger partial charge in [0, 0.05) is 36.2 Å². The van der Waals surface area contributed by atoms with Gasteiger partial charge in [0.25, 0.3) is 0 Å². The van der Waals surface area contributed by atoms with E-state index in [-0.39, 0.29) is 17.7 Å². The van der Waals surface area contributed by atoms with E-state index in [0.717, 1.165) is 22.5 Å². The van der Waals surface area contributed by atoms with Gasteiger partial charge in [-0.25, -0.2) is 18.1 Å². The van der Waals surface area contributed by atoms with Crippen molar-refractivity contribution in [1.29, 1.82) is 0 Å². The highest BCUT2D eigenvalue weighted by Gasteiger charge is 2.15. The molecule has 0 saturated carbocycles. The van der Waals surface area contributed by atoms with Gasteiger partial charge in [-0.2, -0.15) is 10.2 Å². The molecule has 1 atom stereocenters. The van der Waals surface area contributed by atoms with Gasteiger partial charge in [0.2, 0.25) is 0 Å². The van der Waals surface area contributed by atoms with E-state index < -0.39 is 0 Å². The molecule has 29 heavy (non-hydrogen) atoms. The van der Waals surface area contributed by atoms with E-state index in [0.29, 0.717) is 12.2 Å². The van der Waals surface area contributed by atoms with E-state index in [2.05, 4.69) is 15.5 Å². The Bertz CT molecular complexity index is 1120. The Morgan fingerprint density at radius 2 is 1.86 bits per heavy atom. The molecule has 5 nitrogen and oxygen atoms in total. The molecule has 1 N–H and O–H groups in total. The largest absolute Gasteiger partial charge is 0.306 e. The maximum Gasteiger partial charge on any atom is 0.125 e. The molecular weight excluding hydrogens is 372 g/mol. The minimum Gasteiger partial charge on any atom is -0.306 e. The lowest BCUT2D eigenvalue weighted by atomic mass is 10.1. The van der Waals surface area contributed by atoms with Crippen LogP contribution in [0.3, 0.4) is 0 Å². The SMILES string of the molecule is Cc1c(C(C)NCc2cc(F)ccc2-n2cccn2)cnn1-c1cccc(F)c1. The Balaban J connectivity index is 1.54. The summed E-state index contributed by atoms with van der Waals surface area (Å²) in [7, 11) is 0. The minimum absolute atomic E-state index is 0.0361. The number of rotatable bonds is 6. The van der Waals surface area contributed by atoms with E-state index in [9.17, 15) is 8.78 Å². The quantitative estimate of drug-likeness (QED) is 0.525. The molecule has 0 aliphatic carbocycles. The standard InChI is InChI=1S/C22H21F2N5/c1-15(21-14-27-29(16(21)2)20-6-3-5-18(23)12-20)25-13-17-11-19(24)7-8-22(17)28-10-4-9-26-28/h3-12,14-15,25H,13H2,1-2H3. The van der Waals surface area contributed by atoms with Crippen molar-refractivity contribution in [2.24, 2.45) is 0 Å². The van der Waals surface area contributed by atoms with Crippen LogP contribution in [-0.2, 0) is 6.54 Å². The number of hydrogen-bond donors (Lipinski definition) is 1. The van der Waals surface area contributed by atoms with Crippen LogP contribution in [0.1, 0.15) is 29.8 Å². The molecule has 0 spiro atoms. The number of hydrogen-bond acceptors (Lipinski definition) is 3. The summed E-state index contributed by atoms with van der Waals surface area (Å²) in [4.78, 5) is 0. The summed E-state index contributed by atoms with van der Waals surface area (Å²) in [6.07, 6.45) is 5.29. The molecule has 0 saturated heterocycles. The van der Waals surface area contributed by atoms with Crippen molar-refractivity contribution in [1.82, 2.24) is 24.9 Å². The van der Waals surface area contributed by atoms with Gasteiger partial charge in [0.1, 0.15) is 11.6 Å². The zero-order valence-corrected chi connectivity index (χ0v) is 16.2. The molecule has 4 aromatic rings. The molecule has 0 bridgehead atoms. The van der Waals surface area contributed by atoms with Crippen molar-refractivity contribution in [3.8, 4) is 11.4 Å². The Morgan fingerprint density at radius 1 is 1.03 bits per heavy atom. The molecule has 0 amide bonds. The second-order valence-electron chi connectivity index (χ2n) is 6.90. The van der Waals surface area contributed by atoms with Crippen molar-refractivity contribution >= 4 is 0 Å². The van der Waals surface area contributed by atoms with Gasteiger partial charge >= 0.3 is 0 Å². The molecule has 0 radical (unpaired) electrons. The van der Waals surface area contributed by atoms with Crippen LogP contribution in [0.15, 0.2) is 67.1 Å². The fraction of sp³-hybridized carbons (Fsp3) is 0.182. The lowest BCUT2D eigenvalue weighted by Crippen LogP contribution is -2.20. The molecule has 4 rings (SSSR count). The predicted octanol–water partition coefficient (Wildman–Crippen LogP) is 4.50. The zero-order chi connectivity index (χ0) is 20.4. The van der Waals surface area contributed by atoms with E-state index in [1.807, 2.05) is 32.2 Å². The first-order valence-electron chi connectivity index (χ1n) is 9.35. The van der Waals surface area contributed by atoms with Gasteiger partial charge in [-0.1, -0.05) is 6.07 Å². The minimum atomic E-state index is -0.303. The first-order chi connectivity index (χ1) is 14.0. The van der Waals surface area contributed by atoms with Gasteiger partial charge in [0.05, 0.1) is 17.6 Å². The Kier molecular flexibility index (Phi) is 5.22. The fourth-order valence-electron chi connectivity index (χ4n) is 3.42. The highest BCUT2D eigenvalue weighted by Crippen LogP contribution is 2.22. The van der Waals surface area contributed by atoms with Gasteiger partial charge in [-0.3, -0.25) is 0 Å². The molecule has 2 aromatic carbocycles. The number of benzene rings is 2. The lowest BCUT2D eigenvalue weighted by molar-refractivity contribution is 0.564. The first-order valence-corrected chi connectivity index (χ1v) is 9.35. The van der Waals surface area contributed by atoms with Gasteiger partial charge in [-0.05, 0) is 61.9 Å². The number of nitrogens with one attached hydrogen (secondary N) is 1. The van der Waals surface area contributed by atoms with E-state index in [4.69, 9.17) is 0 Å². The molecule has 148 valence electrons. The van der Waals surface area contributed by atoms with E-state index in [1.54, 1.807) is 33.9 Å². The summed E-state index contributed by atoms with van der Waals surface area (Å²) in [6.45, 7) is 4.42. The predicted molar refractivity (Wildman–Crippen MR) is 107 cm³/mol. The Hall–Kier alpha value is -3.32. The first kappa shape index (κ1) is 19.0. The highest BCUT2D eigenvalue weighted by atomic mass is 19.1. The van der Waals surface area contributed by atoms with Crippen LogP contribution in [0, 0.1) is 18.6 Å². The van der Waals surface area contributed by atoms with E-state index >= 15 is 0 Å². The maximum atomic E-state index is 13.8. The van der Waals surface area contributed by atoms with Crippen LogP contribution in [0.5, 0.6) is 0 Å². The van der Waals surface area contributed by atoms with Crippen molar-refractivity contribution in [2.75, 3.05) is 0 Å². The third-order valence-electron chi connectivity index (χ3n) is 4.96. The molecule has 0 aliphatic heterocycles. The molecule has 2 heterocycles. The molecule has 0 aliphatic rings. The van der Waals surface area contributed by atoms with Crippen LogP contribution in [0.25, 0.3) is 11.4 Å². The molecule has 7 heteroatoms. The second-order valence-corrected chi connectivity index (χ2v) is 6.90. The Morgan fingerprint density at radius 3 is 2.62 bits per heavy atom. The third kappa shape index (κ3) is 3.95. The molecule has 1 unspecified atom stereocenters. The van der Waals surface area contributed by atoms with Gasteiger partial charge in [-0.15, -0.1) is 0 Å². The maximum absolute atomic E-state index is 13.8. The molecule has 2 aromatic heterocycles. The van der Waals surface area contributed by atoms with Crippen molar-refractivity contribution < 1.29 is 8.78 Å². The normalized spacial score (nSPS) is 12.3. The summed E-state index contributed by atoms with van der Waals surface area (Å²) in [6, 6.07) is 12.8. The topological polar surface area (TPSA) is 47.7 Å². The number of nitrogens with zero attached hydrogens (tertiary/aromatic N) is 4. The second kappa shape index (κ2) is 7.97. The smallest absolute Gasteiger partial charge is 0.125 e. The average Bonchev–Trinajstić information content (AvgIpc) is 3.36. The summed E-state index contributed by atoms with van der Waals surface area (Å²) in [5.74, 6) is -0.595. The number of halogens is 2. The number of aromatic nitrogens is 4. The lowest BCUT2D eigenvalue weighted by Gasteiger charge is -2.16. The summed E-state index contributed by atoms with van der Waals surface area (Å²) in [5, 5.41) is 12.1. The van der Waals surface area contributed by atoms with Crippen molar-refractivity contribution in [3.05, 3.63) is 95.6 Å². The monoisotopic (exact) mass is 393 g/mol. The Labute approximate surface area is 167 Å². The van der Waals surface area contributed by atoms with E-state index in [1.165, 1.54) is 24.3 Å². The summed E-state index contributed by atoms with van der Waals surface area (Å²) >= 11 is 0. The van der Waals surface area contributed by atoms with Crippen LogP contribution >= 0.6 is 0 Å². The van der Waals surface area contributed by atoms with Gasteiger partial charge < -0.3 is 5.32 Å². The summed E-state index contributed by atoms with van der Waals surface area (Å²) in [5.41, 5.74) is 4.21. The zero-order valence-electron chi connectivity index (χ0n) is 16.2. The molecule has 0 fully saturated rings. The van der Waals surface area contributed by atoms with Crippen molar-refractivity contribution in [3.63, 3.8) is 0 Å². The van der Waals surface area contributed by atoms with Crippen LogP contribution in [-0.4, -0.2) is 19.6 Å². The summed E-state index contributed by atoms with van der Waals surface area (Å²) < 4.78 is 30.8. The fourth-order valence-corrected chi connectivity index (χ4v) is 3.42.